The zero-order valence-corrected chi connectivity index (χ0v) is 12.6. The molecule has 0 radical (unpaired) electrons. The summed E-state index contributed by atoms with van der Waals surface area (Å²) >= 11 is 0. The van der Waals surface area contributed by atoms with Crippen LogP contribution in [0.2, 0.25) is 0 Å². The van der Waals surface area contributed by atoms with Crippen LogP contribution in [0.5, 0.6) is 0 Å². The number of carboxylic acids is 1. The number of aromatic nitrogens is 3. The van der Waals surface area contributed by atoms with Gasteiger partial charge in [-0.1, -0.05) is 19.3 Å². The molecule has 0 spiro atoms. The Kier molecular flexibility index (Phi) is 4.09. The van der Waals surface area contributed by atoms with Crippen molar-refractivity contribution in [2.24, 2.45) is 0 Å². The van der Waals surface area contributed by atoms with E-state index < -0.39 is 5.97 Å². The molecule has 0 aliphatic heterocycles. The van der Waals surface area contributed by atoms with E-state index >= 15 is 0 Å². The third kappa shape index (κ3) is 3.10. The Bertz CT molecular complexity index is 675. The van der Waals surface area contributed by atoms with E-state index in [4.69, 9.17) is 5.11 Å². The maximum Gasteiger partial charge on any atom is 0.352 e. The number of nitrogens with zero attached hydrogens (tertiary/aromatic N) is 2. The van der Waals surface area contributed by atoms with Crippen molar-refractivity contribution in [3.05, 3.63) is 29.7 Å². The number of hydrogen-bond donors (Lipinski definition) is 3. The number of carbonyl (C=O) groups is 1. The molecule has 2 heterocycles. The first-order chi connectivity index (χ1) is 10.6. The fourth-order valence-corrected chi connectivity index (χ4v) is 2.89. The van der Waals surface area contributed by atoms with Gasteiger partial charge in [-0.25, -0.2) is 14.8 Å². The summed E-state index contributed by atoms with van der Waals surface area (Å²) in [4.78, 5) is 22.7. The number of aromatic amines is 1. The predicted molar refractivity (Wildman–Crippen MR) is 84.0 cm³/mol. The van der Waals surface area contributed by atoms with Gasteiger partial charge in [-0.2, -0.15) is 0 Å². The summed E-state index contributed by atoms with van der Waals surface area (Å²) in [6.45, 7) is 1.92. The number of anilines is 1. The molecule has 0 unspecified atom stereocenters. The molecule has 22 heavy (non-hydrogen) atoms. The van der Waals surface area contributed by atoms with Crippen molar-refractivity contribution in [3.63, 3.8) is 0 Å². The van der Waals surface area contributed by atoms with Crippen molar-refractivity contribution in [2.75, 3.05) is 5.32 Å². The van der Waals surface area contributed by atoms with Crippen LogP contribution >= 0.6 is 0 Å². The quantitative estimate of drug-likeness (QED) is 0.806. The van der Waals surface area contributed by atoms with Gasteiger partial charge in [0.05, 0.1) is 5.69 Å². The molecular weight excluding hydrogens is 280 g/mol. The molecule has 0 bridgehead atoms. The van der Waals surface area contributed by atoms with Crippen LogP contribution in [-0.2, 0) is 0 Å². The molecule has 1 aliphatic carbocycles. The number of hydrogen-bond acceptors (Lipinski definition) is 4. The molecule has 0 atom stereocenters. The van der Waals surface area contributed by atoms with E-state index in [2.05, 4.69) is 20.3 Å². The minimum atomic E-state index is -0.974. The highest BCUT2D eigenvalue weighted by Crippen LogP contribution is 2.24. The summed E-state index contributed by atoms with van der Waals surface area (Å²) in [7, 11) is 0. The third-order valence-corrected chi connectivity index (χ3v) is 4.10. The van der Waals surface area contributed by atoms with Crippen LogP contribution in [0.4, 0.5) is 5.95 Å². The molecule has 1 fully saturated rings. The number of rotatable bonds is 4. The SMILES string of the molecule is Cc1cnc(NC2CCCCC2)nc1-c1c[nH]c(C(=O)O)c1. The average molecular weight is 300 g/mol. The first-order valence-corrected chi connectivity index (χ1v) is 7.66. The van der Waals surface area contributed by atoms with Crippen LogP contribution in [-0.4, -0.2) is 32.1 Å². The molecule has 116 valence electrons. The lowest BCUT2D eigenvalue weighted by Crippen LogP contribution is -2.23. The molecule has 1 aliphatic rings. The predicted octanol–water partition coefficient (Wildman–Crippen LogP) is 3.22. The zero-order valence-electron chi connectivity index (χ0n) is 12.6. The Balaban J connectivity index is 1.83. The van der Waals surface area contributed by atoms with Gasteiger partial charge in [-0.3, -0.25) is 0 Å². The summed E-state index contributed by atoms with van der Waals surface area (Å²) in [5.74, 6) is -0.357. The van der Waals surface area contributed by atoms with Crippen LogP contribution in [0, 0.1) is 6.92 Å². The van der Waals surface area contributed by atoms with Gasteiger partial charge in [0.1, 0.15) is 5.69 Å². The number of aryl methyl sites for hydroxylation is 1. The van der Waals surface area contributed by atoms with E-state index in [-0.39, 0.29) is 5.69 Å². The molecule has 0 saturated heterocycles. The van der Waals surface area contributed by atoms with Crippen LogP contribution in [0.25, 0.3) is 11.3 Å². The first-order valence-electron chi connectivity index (χ1n) is 7.66. The molecule has 6 nitrogen and oxygen atoms in total. The van der Waals surface area contributed by atoms with Crippen molar-refractivity contribution in [1.82, 2.24) is 15.0 Å². The van der Waals surface area contributed by atoms with Crippen LogP contribution in [0.3, 0.4) is 0 Å². The number of aromatic carboxylic acids is 1. The van der Waals surface area contributed by atoms with E-state index in [1.165, 1.54) is 19.3 Å². The summed E-state index contributed by atoms with van der Waals surface area (Å²) in [5.41, 5.74) is 2.61. The summed E-state index contributed by atoms with van der Waals surface area (Å²) in [6.07, 6.45) is 9.55. The van der Waals surface area contributed by atoms with Gasteiger partial charge in [0, 0.05) is 24.0 Å². The summed E-state index contributed by atoms with van der Waals surface area (Å²) < 4.78 is 0. The second-order valence-corrected chi connectivity index (χ2v) is 5.81. The van der Waals surface area contributed by atoms with E-state index in [9.17, 15) is 4.79 Å². The normalized spacial score (nSPS) is 15.7. The van der Waals surface area contributed by atoms with Gasteiger partial charge in [0.2, 0.25) is 5.95 Å². The van der Waals surface area contributed by atoms with Gasteiger partial charge < -0.3 is 15.4 Å². The highest BCUT2D eigenvalue weighted by atomic mass is 16.4. The molecule has 3 rings (SSSR count). The fourth-order valence-electron chi connectivity index (χ4n) is 2.89. The highest BCUT2D eigenvalue weighted by Gasteiger charge is 2.16. The molecule has 2 aromatic heterocycles. The third-order valence-electron chi connectivity index (χ3n) is 4.10. The second kappa shape index (κ2) is 6.17. The first kappa shape index (κ1) is 14.6. The van der Waals surface area contributed by atoms with Crippen molar-refractivity contribution in [1.29, 1.82) is 0 Å². The van der Waals surface area contributed by atoms with E-state index in [1.807, 2.05) is 6.92 Å². The standard InChI is InChI=1S/C16H20N4O2/c1-10-8-18-16(19-12-5-3-2-4-6-12)20-14(10)11-7-13(15(21)22)17-9-11/h7-9,12,17H,2-6H2,1H3,(H,21,22)(H,18,19,20). The Hall–Kier alpha value is -2.37. The lowest BCUT2D eigenvalue weighted by atomic mass is 9.96. The van der Waals surface area contributed by atoms with Crippen molar-refractivity contribution < 1.29 is 9.90 Å². The number of nitrogens with one attached hydrogen (secondary N) is 2. The minimum absolute atomic E-state index is 0.162. The Morgan fingerprint density at radius 2 is 2.14 bits per heavy atom. The fraction of sp³-hybridized carbons (Fsp3) is 0.438. The Labute approximate surface area is 129 Å². The summed E-state index contributed by atoms with van der Waals surface area (Å²) in [6, 6.07) is 2.03. The minimum Gasteiger partial charge on any atom is -0.477 e. The van der Waals surface area contributed by atoms with Crippen LogP contribution < -0.4 is 5.32 Å². The van der Waals surface area contributed by atoms with Gasteiger partial charge in [-0.05, 0) is 31.4 Å². The molecule has 2 aromatic rings. The molecule has 0 amide bonds. The lowest BCUT2D eigenvalue weighted by Gasteiger charge is -2.22. The second-order valence-electron chi connectivity index (χ2n) is 5.81. The monoisotopic (exact) mass is 300 g/mol. The topological polar surface area (TPSA) is 90.9 Å². The summed E-state index contributed by atoms with van der Waals surface area (Å²) in [5, 5.41) is 12.4. The average Bonchev–Trinajstić information content (AvgIpc) is 3.00. The smallest absolute Gasteiger partial charge is 0.352 e. The molecule has 6 heteroatoms. The van der Waals surface area contributed by atoms with Gasteiger partial charge in [0.25, 0.3) is 0 Å². The van der Waals surface area contributed by atoms with Crippen molar-refractivity contribution >= 4 is 11.9 Å². The number of carboxylic acid groups (broad SMARTS) is 1. The molecule has 3 N–H and O–H groups in total. The maximum absolute atomic E-state index is 11.0. The Morgan fingerprint density at radius 3 is 2.82 bits per heavy atom. The number of H-pyrrole nitrogens is 1. The van der Waals surface area contributed by atoms with E-state index in [0.717, 1.165) is 29.7 Å². The zero-order chi connectivity index (χ0) is 15.5. The van der Waals surface area contributed by atoms with Gasteiger partial charge >= 0.3 is 5.97 Å². The van der Waals surface area contributed by atoms with Crippen molar-refractivity contribution in [2.45, 2.75) is 45.1 Å². The van der Waals surface area contributed by atoms with Gasteiger partial charge in [0.15, 0.2) is 0 Å². The van der Waals surface area contributed by atoms with E-state index in [1.54, 1.807) is 18.5 Å². The Morgan fingerprint density at radius 1 is 1.36 bits per heavy atom. The van der Waals surface area contributed by atoms with E-state index in [0.29, 0.717) is 12.0 Å². The highest BCUT2D eigenvalue weighted by molar-refractivity contribution is 5.87. The largest absolute Gasteiger partial charge is 0.477 e. The molecular formula is C16H20N4O2. The van der Waals surface area contributed by atoms with Crippen LogP contribution in [0.15, 0.2) is 18.5 Å². The maximum atomic E-state index is 11.0. The van der Waals surface area contributed by atoms with Gasteiger partial charge in [-0.15, -0.1) is 0 Å². The molecule has 1 saturated carbocycles. The van der Waals surface area contributed by atoms with Crippen molar-refractivity contribution in [3.8, 4) is 11.3 Å². The molecule has 0 aromatic carbocycles. The lowest BCUT2D eigenvalue weighted by molar-refractivity contribution is 0.0691. The van der Waals surface area contributed by atoms with Crippen LogP contribution in [0.1, 0.15) is 48.2 Å².